The van der Waals surface area contributed by atoms with Gasteiger partial charge in [-0.1, -0.05) is 83.9 Å². The number of hydrogen-bond donors (Lipinski definition) is 2. The molecular weight excluding hydrogens is 459 g/mol. The number of nitrogens with one attached hydrogen (secondary N) is 2. The summed E-state index contributed by atoms with van der Waals surface area (Å²) in [5.41, 5.74) is 9.02. The van der Waals surface area contributed by atoms with Crippen LogP contribution in [0.25, 0.3) is 65.9 Å². The minimum atomic E-state index is 0.720. The zero-order chi connectivity index (χ0) is 22.8. The topological polar surface area (TPSA) is 31.6 Å². The molecule has 0 aliphatic carbocycles. The Morgan fingerprint density at radius 2 is 0.912 bits per heavy atom. The zero-order valence-corrected chi connectivity index (χ0v) is 19.5. The van der Waals surface area contributed by atoms with Crippen LogP contribution in [0.2, 0.25) is 10.0 Å². The molecule has 0 spiro atoms. The van der Waals surface area contributed by atoms with E-state index in [1.54, 1.807) is 0 Å². The van der Waals surface area contributed by atoms with Gasteiger partial charge in [-0.3, -0.25) is 0 Å². The quantitative estimate of drug-likeness (QED) is 0.248. The Kier molecular flexibility index (Phi) is 4.29. The largest absolute Gasteiger partial charge is 0.354 e. The molecule has 5 aromatic carbocycles. The van der Waals surface area contributed by atoms with Crippen LogP contribution in [0.15, 0.2) is 97.1 Å². The second-order valence-corrected chi connectivity index (χ2v) is 9.48. The van der Waals surface area contributed by atoms with Crippen molar-refractivity contribution in [3.63, 3.8) is 0 Å². The van der Waals surface area contributed by atoms with Crippen molar-refractivity contribution in [2.24, 2.45) is 0 Å². The van der Waals surface area contributed by atoms with E-state index in [0.717, 1.165) is 48.8 Å². The van der Waals surface area contributed by atoms with Crippen molar-refractivity contribution in [3.8, 4) is 22.3 Å². The molecule has 4 heteroatoms. The third kappa shape index (κ3) is 2.83. The molecule has 7 aromatic rings. The lowest BCUT2D eigenvalue weighted by Crippen LogP contribution is -1.90. The van der Waals surface area contributed by atoms with Gasteiger partial charge in [0.1, 0.15) is 0 Å². The van der Waals surface area contributed by atoms with E-state index in [-0.39, 0.29) is 0 Å². The minimum absolute atomic E-state index is 0.720. The van der Waals surface area contributed by atoms with Crippen LogP contribution >= 0.6 is 23.2 Å². The zero-order valence-electron chi connectivity index (χ0n) is 18.0. The Labute approximate surface area is 205 Å². The summed E-state index contributed by atoms with van der Waals surface area (Å²) in [6, 6.07) is 33.2. The molecule has 162 valence electrons. The molecule has 0 saturated heterocycles. The van der Waals surface area contributed by atoms with Gasteiger partial charge in [0.15, 0.2) is 0 Å². The number of para-hydroxylation sites is 2. The van der Waals surface area contributed by atoms with Crippen LogP contribution in [-0.4, -0.2) is 9.97 Å². The van der Waals surface area contributed by atoms with E-state index in [1.165, 1.54) is 27.1 Å². The van der Waals surface area contributed by atoms with E-state index in [2.05, 4.69) is 82.8 Å². The summed E-state index contributed by atoms with van der Waals surface area (Å²) >= 11 is 12.6. The van der Waals surface area contributed by atoms with Gasteiger partial charge in [0.05, 0.1) is 11.0 Å². The van der Waals surface area contributed by atoms with Crippen LogP contribution in [0.4, 0.5) is 0 Å². The maximum atomic E-state index is 6.29. The molecule has 0 radical (unpaired) electrons. The molecule has 0 aliphatic rings. The minimum Gasteiger partial charge on any atom is -0.354 e. The van der Waals surface area contributed by atoms with Gasteiger partial charge in [-0.2, -0.15) is 0 Å². The fourth-order valence-electron chi connectivity index (χ4n) is 5.24. The van der Waals surface area contributed by atoms with Crippen molar-refractivity contribution in [1.29, 1.82) is 0 Å². The van der Waals surface area contributed by atoms with Crippen molar-refractivity contribution in [2.45, 2.75) is 0 Å². The number of hydrogen-bond acceptors (Lipinski definition) is 0. The molecule has 2 aromatic heterocycles. The lowest BCUT2D eigenvalue weighted by Gasteiger charge is -2.15. The number of benzene rings is 5. The van der Waals surface area contributed by atoms with Crippen LogP contribution in [0.1, 0.15) is 0 Å². The highest BCUT2D eigenvalue weighted by atomic mass is 35.5. The molecule has 2 nitrogen and oxygen atoms in total. The Hall–Kier alpha value is -3.72. The normalized spacial score (nSPS) is 11.8. The number of fused-ring (bicyclic) bond motifs is 7. The SMILES string of the molecule is Clc1ccc(-c2c(-c3ccc(Cl)cc3)c3c4ccccc4[nH]c3c3c2[nH]c2ccccc23)cc1. The fourth-order valence-corrected chi connectivity index (χ4v) is 5.49. The molecule has 0 saturated carbocycles. The average Bonchev–Trinajstić information content (AvgIpc) is 3.43. The molecule has 34 heavy (non-hydrogen) atoms. The molecule has 2 N–H and O–H groups in total. The van der Waals surface area contributed by atoms with E-state index in [0.29, 0.717) is 0 Å². The summed E-state index contributed by atoms with van der Waals surface area (Å²) in [7, 11) is 0. The van der Waals surface area contributed by atoms with Gasteiger partial charge in [-0.05, 0) is 47.5 Å². The van der Waals surface area contributed by atoms with Gasteiger partial charge in [-0.25, -0.2) is 0 Å². The third-order valence-electron chi connectivity index (χ3n) is 6.68. The summed E-state index contributed by atoms with van der Waals surface area (Å²) in [5.74, 6) is 0. The summed E-state index contributed by atoms with van der Waals surface area (Å²) in [6.45, 7) is 0. The standard InChI is InChI=1S/C30H18Cl2N2/c31-19-13-9-17(10-14-19)25-26(18-11-15-20(32)16-12-18)29-28(22-6-2-4-8-24(22)33-29)30-27(25)21-5-1-3-7-23(21)34-30/h1-16,33-34H. The van der Waals surface area contributed by atoms with Crippen LogP contribution in [0.5, 0.6) is 0 Å². The van der Waals surface area contributed by atoms with E-state index in [9.17, 15) is 0 Å². The van der Waals surface area contributed by atoms with Crippen LogP contribution in [-0.2, 0) is 0 Å². The monoisotopic (exact) mass is 476 g/mol. The highest BCUT2D eigenvalue weighted by molar-refractivity contribution is 6.33. The highest BCUT2D eigenvalue weighted by Gasteiger charge is 2.23. The van der Waals surface area contributed by atoms with Gasteiger partial charge in [-0.15, -0.1) is 0 Å². The van der Waals surface area contributed by atoms with Crippen LogP contribution < -0.4 is 0 Å². The number of H-pyrrole nitrogens is 2. The van der Waals surface area contributed by atoms with Crippen molar-refractivity contribution >= 4 is 66.8 Å². The van der Waals surface area contributed by atoms with Gasteiger partial charge in [0, 0.05) is 53.8 Å². The maximum absolute atomic E-state index is 6.29. The predicted molar refractivity (Wildman–Crippen MR) is 146 cm³/mol. The van der Waals surface area contributed by atoms with Gasteiger partial charge < -0.3 is 9.97 Å². The summed E-state index contributed by atoms with van der Waals surface area (Å²) in [5, 5.41) is 6.25. The van der Waals surface area contributed by atoms with E-state index in [4.69, 9.17) is 23.2 Å². The van der Waals surface area contributed by atoms with Crippen molar-refractivity contribution < 1.29 is 0 Å². The molecule has 0 bridgehead atoms. The lowest BCUT2D eigenvalue weighted by molar-refractivity contribution is 1.53. The number of aromatic amines is 2. The maximum Gasteiger partial charge on any atom is 0.0573 e. The van der Waals surface area contributed by atoms with E-state index < -0.39 is 0 Å². The smallest absolute Gasteiger partial charge is 0.0573 e. The molecular formula is C30H18Cl2N2. The Morgan fingerprint density at radius 3 is 1.50 bits per heavy atom. The molecule has 0 atom stereocenters. The van der Waals surface area contributed by atoms with E-state index in [1.807, 2.05) is 24.3 Å². The molecule has 2 heterocycles. The second kappa shape index (κ2) is 7.39. The highest BCUT2D eigenvalue weighted by Crippen LogP contribution is 2.48. The predicted octanol–water partition coefficient (Wildman–Crippen LogP) is 9.60. The molecule has 0 unspecified atom stereocenters. The summed E-state index contributed by atoms with van der Waals surface area (Å²) in [4.78, 5) is 7.48. The first-order valence-electron chi connectivity index (χ1n) is 11.2. The lowest BCUT2D eigenvalue weighted by atomic mass is 9.88. The Bertz CT molecular complexity index is 1860. The number of halogens is 2. The fraction of sp³-hybridized carbons (Fsp3) is 0. The van der Waals surface area contributed by atoms with Crippen molar-refractivity contribution in [2.75, 3.05) is 0 Å². The first-order chi connectivity index (χ1) is 16.7. The number of rotatable bonds is 2. The van der Waals surface area contributed by atoms with Crippen LogP contribution in [0.3, 0.4) is 0 Å². The van der Waals surface area contributed by atoms with Gasteiger partial charge >= 0.3 is 0 Å². The number of aromatic nitrogens is 2. The van der Waals surface area contributed by atoms with Crippen LogP contribution in [0, 0.1) is 0 Å². The Morgan fingerprint density at radius 1 is 0.441 bits per heavy atom. The first-order valence-corrected chi connectivity index (χ1v) is 11.9. The van der Waals surface area contributed by atoms with Gasteiger partial charge in [0.25, 0.3) is 0 Å². The molecule has 0 aliphatic heterocycles. The summed E-state index contributed by atoms with van der Waals surface area (Å²) in [6.07, 6.45) is 0. The Balaban J connectivity index is 1.80. The van der Waals surface area contributed by atoms with E-state index >= 15 is 0 Å². The third-order valence-corrected chi connectivity index (χ3v) is 7.18. The van der Waals surface area contributed by atoms with Crippen molar-refractivity contribution in [3.05, 3.63) is 107 Å². The first kappa shape index (κ1) is 19.7. The van der Waals surface area contributed by atoms with Crippen molar-refractivity contribution in [1.82, 2.24) is 9.97 Å². The second-order valence-electron chi connectivity index (χ2n) is 8.60. The average molecular weight is 477 g/mol. The summed E-state index contributed by atoms with van der Waals surface area (Å²) < 4.78 is 0. The molecule has 7 rings (SSSR count). The molecule has 0 amide bonds. The van der Waals surface area contributed by atoms with Gasteiger partial charge in [0.2, 0.25) is 0 Å². The molecule has 0 fully saturated rings.